The monoisotopic (exact) mass is 515 g/mol. The van der Waals surface area contributed by atoms with Crippen molar-refractivity contribution in [3.05, 3.63) is 29.6 Å². The zero-order chi connectivity index (χ0) is 23.0. The summed E-state index contributed by atoms with van der Waals surface area (Å²) in [6.07, 6.45) is 2.57. The van der Waals surface area contributed by atoms with Crippen molar-refractivity contribution >= 4 is 31.6 Å². The van der Waals surface area contributed by atoms with E-state index in [1.807, 2.05) is 25.1 Å². The van der Waals surface area contributed by atoms with Crippen molar-refractivity contribution in [2.75, 3.05) is 0 Å². The van der Waals surface area contributed by atoms with Gasteiger partial charge in [-0.15, -0.1) is 0 Å². The summed E-state index contributed by atoms with van der Waals surface area (Å²) in [4.78, 5) is 14.0. The van der Waals surface area contributed by atoms with Gasteiger partial charge in [0.25, 0.3) is 0 Å². The molecule has 0 aromatic carbocycles. The third-order valence-corrected chi connectivity index (χ3v) is 6.31. The zero-order valence-corrected chi connectivity index (χ0v) is 21.3. The summed E-state index contributed by atoms with van der Waals surface area (Å²) < 4.78 is 28.2. The number of halogens is 4. The molecule has 2 aliphatic carbocycles. The van der Waals surface area contributed by atoms with Gasteiger partial charge in [0.1, 0.15) is 18.4 Å². The van der Waals surface area contributed by atoms with Crippen LogP contribution in [0.1, 0.15) is 77.6 Å². The first-order valence-corrected chi connectivity index (χ1v) is 14.0. The number of aromatic nitrogens is 1. The minimum atomic E-state index is -1.21. The van der Waals surface area contributed by atoms with E-state index in [1.165, 1.54) is 12.8 Å². The van der Waals surface area contributed by atoms with Gasteiger partial charge >= 0.3 is 33.3 Å². The molecule has 8 heteroatoms. The molecule has 1 aromatic heterocycles. The van der Waals surface area contributed by atoms with Crippen molar-refractivity contribution in [1.29, 1.82) is 0 Å². The maximum atomic E-state index is 14.1. The Kier molecular flexibility index (Phi) is 11.4. The molecule has 0 radical (unpaired) electrons. The second kappa shape index (κ2) is 13.2. The first-order chi connectivity index (χ1) is 14.8. The van der Waals surface area contributed by atoms with E-state index in [1.54, 1.807) is 6.92 Å². The van der Waals surface area contributed by atoms with E-state index in [0.717, 1.165) is 17.8 Å². The molecule has 0 spiro atoms. The number of alkyl halides is 2. The van der Waals surface area contributed by atoms with Crippen molar-refractivity contribution < 1.29 is 21.9 Å². The predicted molar refractivity (Wildman–Crippen MR) is 124 cm³/mol. The van der Waals surface area contributed by atoms with Gasteiger partial charge in [-0.05, 0) is 69.9 Å². The normalized spacial score (nSPS) is 32.4. The van der Waals surface area contributed by atoms with Gasteiger partial charge in [0.05, 0.1) is 28.9 Å². The first-order valence-electron chi connectivity index (χ1n) is 11.0. The number of rotatable bonds is 4. The van der Waals surface area contributed by atoms with Gasteiger partial charge in [-0.3, -0.25) is 9.98 Å². The van der Waals surface area contributed by atoms with Crippen LogP contribution in [-0.2, 0) is 13.1 Å². The van der Waals surface area contributed by atoms with E-state index in [-0.39, 0.29) is 13.1 Å². The summed E-state index contributed by atoms with van der Waals surface area (Å²) in [5.74, 6) is 1.30. The average Bonchev–Trinajstić information content (AvgIpc) is 2.74. The molecule has 31 heavy (non-hydrogen) atoms. The topological polar surface area (TPSA) is 37.6 Å². The Hall–Kier alpha value is -0.551. The van der Waals surface area contributed by atoms with Crippen LogP contribution in [0, 0.1) is 11.8 Å². The van der Waals surface area contributed by atoms with Gasteiger partial charge in [0.15, 0.2) is 0 Å². The molecule has 0 saturated heterocycles. The van der Waals surface area contributed by atoms with E-state index in [9.17, 15) is 8.78 Å². The Morgan fingerprint density at radius 2 is 1.52 bits per heavy atom. The zero-order valence-electron chi connectivity index (χ0n) is 18.6. The van der Waals surface area contributed by atoms with Crippen molar-refractivity contribution in [1.82, 2.24) is 4.98 Å². The molecule has 2 fully saturated rings. The molecular weight excluding hydrogens is 483 g/mol. The molecule has 0 N–H and O–H groups in total. The standard InChI is InChI=1S/C23H33F2N3.2ClH.Fe/c1-14-11-12-15(2)22(13-14)26-16(3)20-9-6-10-21(28-20)17(4)27-23-18(24)7-5-8-19(23)25;;;/h6,9-10,14-15,18-19,22-23H,5,7-8,11-13H2,1-4H3;2*1H;/q;;;+2/p-2. The minimum absolute atomic E-state index is 0.194. The maximum absolute atomic E-state index is 14.1. The summed E-state index contributed by atoms with van der Waals surface area (Å²) in [5, 5.41) is 0. The van der Waals surface area contributed by atoms with Crippen LogP contribution in [0.4, 0.5) is 8.78 Å². The van der Waals surface area contributed by atoms with Gasteiger partial charge in [-0.1, -0.05) is 26.3 Å². The van der Waals surface area contributed by atoms with Crippen molar-refractivity contribution in [2.24, 2.45) is 21.8 Å². The van der Waals surface area contributed by atoms with Crippen LogP contribution >= 0.6 is 20.2 Å². The van der Waals surface area contributed by atoms with Crippen molar-refractivity contribution in [3.8, 4) is 0 Å². The number of pyridine rings is 1. The molecule has 2 saturated carbocycles. The summed E-state index contributed by atoms with van der Waals surface area (Å²) in [6, 6.07) is 5.15. The van der Waals surface area contributed by atoms with Crippen LogP contribution < -0.4 is 0 Å². The van der Waals surface area contributed by atoms with Gasteiger partial charge in [-0.2, -0.15) is 0 Å². The second-order valence-corrected chi connectivity index (χ2v) is 10.6. The van der Waals surface area contributed by atoms with Gasteiger partial charge < -0.3 is 0 Å². The summed E-state index contributed by atoms with van der Waals surface area (Å²) >= 11 is 0.194. The van der Waals surface area contributed by atoms with Crippen LogP contribution in [0.2, 0.25) is 0 Å². The Morgan fingerprint density at radius 1 is 0.968 bits per heavy atom. The van der Waals surface area contributed by atoms with Gasteiger partial charge in [-0.25, -0.2) is 13.8 Å². The Labute approximate surface area is 200 Å². The van der Waals surface area contributed by atoms with E-state index >= 15 is 0 Å². The van der Waals surface area contributed by atoms with Gasteiger partial charge in [0, 0.05) is 0 Å². The van der Waals surface area contributed by atoms with Crippen LogP contribution in [0.25, 0.3) is 0 Å². The molecule has 5 unspecified atom stereocenters. The van der Waals surface area contributed by atoms with E-state index in [2.05, 4.69) is 18.8 Å². The Bertz CT molecular complexity index is 752. The van der Waals surface area contributed by atoms with Crippen LogP contribution in [-0.4, -0.2) is 40.8 Å². The molecule has 176 valence electrons. The van der Waals surface area contributed by atoms with E-state index in [0.29, 0.717) is 48.5 Å². The Balaban J connectivity index is 0.00000107. The fraction of sp³-hybridized carbons (Fsp3) is 0.696. The molecule has 2 aliphatic rings. The third kappa shape index (κ3) is 8.07. The molecule has 5 atom stereocenters. The summed E-state index contributed by atoms with van der Waals surface area (Å²) in [5.41, 5.74) is 2.99. The number of nitrogens with zero attached hydrogens (tertiary/aromatic N) is 3. The molecule has 0 aliphatic heterocycles. The first kappa shape index (κ1) is 26.7. The predicted octanol–water partition coefficient (Wildman–Crippen LogP) is 7.13. The van der Waals surface area contributed by atoms with Gasteiger partial charge in [0.2, 0.25) is 0 Å². The molecule has 0 amide bonds. The molecule has 1 aromatic rings. The molecule has 1 heterocycles. The molecule has 3 rings (SSSR count). The van der Waals surface area contributed by atoms with Crippen molar-refractivity contribution in [3.63, 3.8) is 0 Å². The Morgan fingerprint density at radius 3 is 2.10 bits per heavy atom. The van der Waals surface area contributed by atoms with Crippen LogP contribution in [0.5, 0.6) is 0 Å². The van der Waals surface area contributed by atoms with Crippen LogP contribution in [0.3, 0.4) is 0 Å². The fourth-order valence-corrected chi connectivity index (χ4v) is 4.36. The van der Waals surface area contributed by atoms with E-state index in [4.69, 9.17) is 30.2 Å². The molecular formula is C23H33Cl2F2FeN3. The molecule has 3 nitrogen and oxygen atoms in total. The summed E-state index contributed by atoms with van der Waals surface area (Å²) in [7, 11) is 9.53. The van der Waals surface area contributed by atoms with E-state index < -0.39 is 18.4 Å². The summed E-state index contributed by atoms with van der Waals surface area (Å²) in [6.45, 7) is 8.36. The fourth-order valence-electron chi connectivity index (χ4n) is 4.36. The average molecular weight is 516 g/mol. The number of aliphatic imine (C=N–C) groups is 2. The van der Waals surface area contributed by atoms with Crippen molar-refractivity contribution in [2.45, 2.75) is 90.6 Å². The number of hydrogen-bond donors (Lipinski definition) is 0. The second-order valence-electron chi connectivity index (χ2n) is 8.80. The van der Waals surface area contributed by atoms with Crippen LogP contribution in [0.15, 0.2) is 28.2 Å². The number of hydrogen-bond acceptors (Lipinski definition) is 3. The molecule has 0 bridgehead atoms. The SMILES string of the molecule is CC(=NC1CC(C)CCC1C)c1cccc(C(C)=NC2C(F)CCCC2F)n1.[Cl][Fe][Cl]. The quantitative estimate of drug-likeness (QED) is 0.310. The third-order valence-electron chi connectivity index (χ3n) is 6.31.